The molecule has 1 aromatic carbocycles. The van der Waals surface area contributed by atoms with Crippen LogP contribution in [-0.4, -0.2) is 31.1 Å². The summed E-state index contributed by atoms with van der Waals surface area (Å²) in [4.78, 5) is 13.5. The molecule has 1 aromatic rings. The first-order valence-corrected chi connectivity index (χ1v) is 6.64. The summed E-state index contributed by atoms with van der Waals surface area (Å²) < 4.78 is 4.92. The number of hydrogen-bond acceptors (Lipinski definition) is 3. The molecule has 0 saturated carbocycles. The highest BCUT2D eigenvalue weighted by Gasteiger charge is 2.17. The van der Waals surface area contributed by atoms with Gasteiger partial charge in [0.2, 0.25) is 0 Å². The van der Waals surface area contributed by atoms with Crippen molar-refractivity contribution in [1.29, 1.82) is 0 Å². The number of hydrogen-bond donors (Lipinski definition) is 0. The molecule has 0 N–H and O–H groups in total. The molecule has 0 aromatic heterocycles. The summed E-state index contributed by atoms with van der Waals surface area (Å²) in [6.07, 6.45) is 0. The molecule has 104 valence electrons. The number of carbonyl (C=O) groups is 1. The highest BCUT2D eigenvalue weighted by atomic mass is 35.5. The second-order valence-electron chi connectivity index (χ2n) is 4.44. The van der Waals surface area contributed by atoms with Gasteiger partial charge >= 0.3 is 5.97 Å². The van der Waals surface area contributed by atoms with Gasteiger partial charge in [-0.25, -0.2) is 4.79 Å². The number of benzene rings is 1. The summed E-state index contributed by atoms with van der Waals surface area (Å²) in [5, 5.41) is 0.726. The van der Waals surface area contributed by atoms with E-state index in [2.05, 4.69) is 6.58 Å². The van der Waals surface area contributed by atoms with Crippen molar-refractivity contribution in [1.82, 2.24) is 4.90 Å². The van der Waals surface area contributed by atoms with Crippen molar-refractivity contribution >= 4 is 17.6 Å². The van der Waals surface area contributed by atoms with Crippen LogP contribution >= 0.6 is 11.6 Å². The lowest BCUT2D eigenvalue weighted by molar-refractivity contribution is -0.138. The third kappa shape index (κ3) is 4.37. The van der Waals surface area contributed by atoms with Crippen molar-refractivity contribution < 1.29 is 9.53 Å². The van der Waals surface area contributed by atoms with Crippen LogP contribution in [0.3, 0.4) is 0 Å². The third-order valence-corrected chi connectivity index (χ3v) is 3.37. The van der Waals surface area contributed by atoms with Gasteiger partial charge in [-0.3, -0.25) is 4.90 Å². The zero-order chi connectivity index (χ0) is 14.4. The molecule has 19 heavy (non-hydrogen) atoms. The van der Waals surface area contributed by atoms with Gasteiger partial charge in [-0.05, 0) is 32.5 Å². The van der Waals surface area contributed by atoms with Crippen LogP contribution in [0, 0.1) is 0 Å². The molecule has 0 saturated heterocycles. The fourth-order valence-corrected chi connectivity index (χ4v) is 2.08. The second-order valence-corrected chi connectivity index (χ2v) is 4.84. The minimum Gasteiger partial charge on any atom is -0.463 e. The summed E-state index contributed by atoms with van der Waals surface area (Å²) >= 11 is 6.17. The summed E-state index contributed by atoms with van der Waals surface area (Å²) in [6.45, 7) is 8.40. The first-order chi connectivity index (χ1) is 8.97. The lowest BCUT2D eigenvalue weighted by Crippen LogP contribution is -2.27. The molecule has 0 spiro atoms. The number of carbonyl (C=O) groups excluding carboxylic acids is 1. The van der Waals surface area contributed by atoms with Gasteiger partial charge in [0.1, 0.15) is 0 Å². The Morgan fingerprint density at radius 2 is 2.11 bits per heavy atom. The Hall–Kier alpha value is -1.32. The highest BCUT2D eigenvalue weighted by Crippen LogP contribution is 2.26. The van der Waals surface area contributed by atoms with Gasteiger partial charge in [-0.2, -0.15) is 0 Å². The zero-order valence-corrected chi connectivity index (χ0v) is 12.4. The molecule has 0 fully saturated rings. The lowest BCUT2D eigenvalue weighted by Gasteiger charge is -2.26. The number of ether oxygens (including phenoxy) is 1. The van der Waals surface area contributed by atoms with Crippen LogP contribution in [0.2, 0.25) is 5.02 Å². The van der Waals surface area contributed by atoms with E-state index in [1.54, 1.807) is 6.92 Å². The Balaban J connectivity index is 2.68. The number of esters is 1. The number of halogens is 1. The lowest BCUT2D eigenvalue weighted by atomic mass is 10.1. The topological polar surface area (TPSA) is 29.5 Å². The molecule has 1 unspecified atom stereocenters. The summed E-state index contributed by atoms with van der Waals surface area (Å²) in [5.74, 6) is -0.347. The molecule has 0 amide bonds. The van der Waals surface area contributed by atoms with Gasteiger partial charge in [0.05, 0.1) is 6.61 Å². The van der Waals surface area contributed by atoms with Gasteiger partial charge in [-0.15, -0.1) is 0 Å². The van der Waals surface area contributed by atoms with E-state index < -0.39 is 0 Å². The molecule has 0 bridgehead atoms. The molecule has 1 atom stereocenters. The standard InChI is InChI=1S/C15H20ClNO2/c1-5-19-15(18)11(2)10-17(4)12(3)13-8-6-7-9-14(13)16/h6-9,12H,2,5,10H2,1,3-4H3. The van der Waals surface area contributed by atoms with Crippen LogP contribution in [-0.2, 0) is 9.53 Å². The normalized spacial score (nSPS) is 12.3. The molecule has 0 aliphatic rings. The van der Waals surface area contributed by atoms with E-state index in [0.717, 1.165) is 10.6 Å². The Kier molecular flexibility index (Phi) is 6.06. The van der Waals surface area contributed by atoms with Gasteiger partial charge in [0.25, 0.3) is 0 Å². The molecule has 0 aliphatic heterocycles. The van der Waals surface area contributed by atoms with E-state index in [0.29, 0.717) is 18.7 Å². The maximum absolute atomic E-state index is 11.5. The highest BCUT2D eigenvalue weighted by molar-refractivity contribution is 6.31. The first-order valence-electron chi connectivity index (χ1n) is 6.27. The van der Waals surface area contributed by atoms with Gasteiger partial charge in [-0.1, -0.05) is 36.4 Å². The predicted octanol–water partition coefficient (Wildman–Crippen LogP) is 3.45. The van der Waals surface area contributed by atoms with Crippen molar-refractivity contribution in [2.75, 3.05) is 20.2 Å². The molecule has 0 aliphatic carbocycles. The van der Waals surface area contributed by atoms with Crippen molar-refractivity contribution in [3.05, 3.63) is 47.0 Å². The Morgan fingerprint density at radius 3 is 2.68 bits per heavy atom. The van der Waals surface area contributed by atoms with Crippen LogP contribution in [0.4, 0.5) is 0 Å². The average Bonchev–Trinajstić information content (AvgIpc) is 2.38. The van der Waals surface area contributed by atoms with Crippen molar-refractivity contribution in [2.45, 2.75) is 19.9 Å². The fourth-order valence-electron chi connectivity index (χ4n) is 1.79. The van der Waals surface area contributed by atoms with E-state index in [9.17, 15) is 4.79 Å². The summed E-state index contributed by atoms with van der Waals surface area (Å²) in [5.41, 5.74) is 1.48. The molecule has 4 heteroatoms. The smallest absolute Gasteiger partial charge is 0.334 e. The Bertz CT molecular complexity index is 459. The molecule has 0 heterocycles. The SMILES string of the molecule is C=C(CN(C)C(C)c1ccccc1Cl)C(=O)OCC. The van der Waals surface area contributed by atoms with E-state index in [1.165, 1.54) is 0 Å². The van der Waals surface area contributed by atoms with Crippen LogP contribution in [0.15, 0.2) is 36.4 Å². The van der Waals surface area contributed by atoms with Gasteiger partial charge < -0.3 is 4.74 Å². The zero-order valence-electron chi connectivity index (χ0n) is 11.6. The number of likely N-dealkylation sites (N-methyl/N-ethyl adjacent to an activating group) is 1. The Morgan fingerprint density at radius 1 is 1.47 bits per heavy atom. The predicted molar refractivity (Wildman–Crippen MR) is 78.3 cm³/mol. The van der Waals surface area contributed by atoms with Crippen molar-refractivity contribution in [2.24, 2.45) is 0 Å². The van der Waals surface area contributed by atoms with E-state index in [4.69, 9.17) is 16.3 Å². The largest absolute Gasteiger partial charge is 0.463 e. The summed E-state index contributed by atoms with van der Waals surface area (Å²) in [6, 6.07) is 7.79. The van der Waals surface area contributed by atoms with Gasteiger partial charge in [0.15, 0.2) is 0 Å². The molecular weight excluding hydrogens is 262 g/mol. The van der Waals surface area contributed by atoms with Crippen LogP contribution < -0.4 is 0 Å². The molecule has 0 radical (unpaired) electrons. The quantitative estimate of drug-likeness (QED) is 0.591. The molecule has 1 rings (SSSR count). The second kappa shape index (κ2) is 7.31. The summed E-state index contributed by atoms with van der Waals surface area (Å²) in [7, 11) is 1.93. The maximum atomic E-state index is 11.5. The van der Waals surface area contributed by atoms with E-state index in [-0.39, 0.29) is 12.0 Å². The van der Waals surface area contributed by atoms with E-state index >= 15 is 0 Å². The first kappa shape index (κ1) is 15.7. The maximum Gasteiger partial charge on any atom is 0.334 e. The minimum atomic E-state index is -0.347. The van der Waals surface area contributed by atoms with Crippen LogP contribution in [0.5, 0.6) is 0 Å². The van der Waals surface area contributed by atoms with Crippen molar-refractivity contribution in [3.8, 4) is 0 Å². The number of rotatable bonds is 6. The van der Waals surface area contributed by atoms with Crippen molar-refractivity contribution in [3.63, 3.8) is 0 Å². The van der Waals surface area contributed by atoms with Crippen LogP contribution in [0.1, 0.15) is 25.5 Å². The van der Waals surface area contributed by atoms with Gasteiger partial charge in [0, 0.05) is 23.2 Å². The fraction of sp³-hybridized carbons (Fsp3) is 0.400. The third-order valence-electron chi connectivity index (χ3n) is 3.02. The molecule has 3 nitrogen and oxygen atoms in total. The minimum absolute atomic E-state index is 0.0971. The van der Waals surface area contributed by atoms with Crippen LogP contribution in [0.25, 0.3) is 0 Å². The average molecular weight is 282 g/mol. The Labute approximate surface area is 119 Å². The number of nitrogens with zero attached hydrogens (tertiary/aromatic N) is 1. The molecular formula is C15H20ClNO2. The van der Waals surface area contributed by atoms with E-state index in [1.807, 2.05) is 43.1 Å². The monoisotopic (exact) mass is 281 g/mol.